The van der Waals surface area contributed by atoms with Crippen LogP contribution in [0.25, 0.3) is 0 Å². The molecule has 0 fully saturated rings. The van der Waals surface area contributed by atoms with E-state index < -0.39 is 5.91 Å². The Bertz CT molecular complexity index is 812. The molecule has 8 heteroatoms. The van der Waals surface area contributed by atoms with Gasteiger partial charge in [-0.3, -0.25) is 4.79 Å². The van der Waals surface area contributed by atoms with Crippen LogP contribution in [0.5, 0.6) is 11.5 Å². The Morgan fingerprint density at radius 2 is 1.89 bits per heavy atom. The minimum atomic E-state index is -0.447. The number of halogens is 1. The molecule has 0 atom stereocenters. The van der Waals surface area contributed by atoms with Crippen molar-refractivity contribution in [2.24, 2.45) is 10.7 Å². The smallest absolute Gasteiger partial charge is 0.248 e. The first kappa shape index (κ1) is 23.5. The number of nitrogens with zero attached hydrogens (tertiary/aromatic N) is 1. The summed E-state index contributed by atoms with van der Waals surface area (Å²) in [7, 11) is 3.25. The number of primary amides is 1. The minimum Gasteiger partial charge on any atom is -0.497 e. The van der Waals surface area contributed by atoms with Gasteiger partial charge in [0, 0.05) is 30.3 Å². The number of carbonyl (C=O) groups is 1. The summed E-state index contributed by atoms with van der Waals surface area (Å²) in [5.74, 6) is 1.70. The van der Waals surface area contributed by atoms with Crippen molar-refractivity contribution >= 4 is 35.8 Å². The van der Waals surface area contributed by atoms with Crippen molar-refractivity contribution in [2.45, 2.75) is 20.0 Å². The molecule has 0 bridgehead atoms. The van der Waals surface area contributed by atoms with Crippen LogP contribution in [0, 0.1) is 0 Å². The summed E-state index contributed by atoms with van der Waals surface area (Å²) in [4.78, 5) is 15.9. The molecule has 0 saturated carbocycles. The number of aliphatic imine (C=N–C) groups is 1. The molecule has 2 aromatic carbocycles. The van der Waals surface area contributed by atoms with E-state index in [1.165, 1.54) is 0 Å². The quantitative estimate of drug-likeness (QED) is 0.296. The SMILES string of the molecule is CCNC(=NCc1cccc(C(N)=O)c1)NCc1ccc(OC)cc1OC.I. The van der Waals surface area contributed by atoms with Gasteiger partial charge >= 0.3 is 0 Å². The number of amides is 1. The van der Waals surface area contributed by atoms with Crippen LogP contribution >= 0.6 is 24.0 Å². The third-order valence-electron chi connectivity index (χ3n) is 3.92. The number of guanidine groups is 1. The second kappa shape index (κ2) is 12.1. The highest BCUT2D eigenvalue weighted by atomic mass is 127. The molecule has 7 nitrogen and oxygen atoms in total. The van der Waals surface area contributed by atoms with Crippen molar-refractivity contribution in [2.75, 3.05) is 20.8 Å². The summed E-state index contributed by atoms with van der Waals surface area (Å²) in [5, 5.41) is 6.49. The number of methoxy groups -OCH3 is 2. The molecule has 152 valence electrons. The molecule has 0 saturated heterocycles. The normalized spacial score (nSPS) is 10.6. The molecule has 0 aliphatic rings. The molecule has 0 aliphatic carbocycles. The van der Waals surface area contributed by atoms with Crippen molar-refractivity contribution in [1.82, 2.24) is 10.6 Å². The lowest BCUT2D eigenvalue weighted by Crippen LogP contribution is -2.36. The van der Waals surface area contributed by atoms with Crippen LogP contribution in [0.1, 0.15) is 28.4 Å². The van der Waals surface area contributed by atoms with E-state index in [4.69, 9.17) is 15.2 Å². The monoisotopic (exact) mass is 498 g/mol. The van der Waals surface area contributed by atoms with Crippen LogP contribution in [0.2, 0.25) is 0 Å². The van der Waals surface area contributed by atoms with Gasteiger partial charge in [-0.2, -0.15) is 0 Å². The minimum absolute atomic E-state index is 0. The highest BCUT2D eigenvalue weighted by Gasteiger charge is 2.07. The summed E-state index contributed by atoms with van der Waals surface area (Å²) in [6, 6.07) is 12.8. The maximum atomic E-state index is 11.3. The number of hydrogen-bond acceptors (Lipinski definition) is 4. The highest BCUT2D eigenvalue weighted by molar-refractivity contribution is 14.0. The molecular weight excluding hydrogens is 471 g/mol. The Morgan fingerprint density at radius 1 is 1.11 bits per heavy atom. The number of ether oxygens (including phenoxy) is 2. The van der Waals surface area contributed by atoms with Gasteiger partial charge < -0.3 is 25.8 Å². The summed E-state index contributed by atoms with van der Waals surface area (Å²) in [5.41, 5.74) is 7.70. The summed E-state index contributed by atoms with van der Waals surface area (Å²) >= 11 is 0. The summed E-state index contributed by atoms with van der Waals surface area (Å²) in [6.45, 7) is 3.70. The van der Waals surface area contributed by atoms with Gasteiger partial charge in [0.25, 0.3) is 0 Å². The molecule has 2 rings (SSSR count). The average Bonchev–Trinajstić information content (AvgIpc) is 2.70. The van der Waals surface area contributed by atoms with Crippen molar-refractivity contribution in [3.8, 4) is 11.5 Å². The molecule has 0 aromatic heterocycles. The van der Waals surface area contributed by atoms with Gasteiger partial charge in [0.1, 0.15) is 11.5 Å². The Labute approximate surface area is 182 Å². The molecule has 0 unspecified atom stereocenters. The number of nitrogens with two attached hydrogens (primary N) is 1. The van der Waals surface area contributed by atoms with Gasteiger partial charge in [-0.05, 0) is 36.8 Å². The molecule has 1 amide bonds. The van der Waals surface area contributed by atoms with Crippen LogP contribution in [0.4, 0.5) is 0 Å². The number of benzene rings is 2. The van der Waals surface area contributed by atoms with Crippen LogP contribution in [0.3, 0.4) is 0 Å². The zero-order valence-electron chi connectivity index (χ0n) is 16.3. The predicted octanol–water partition coefficient (Wildman–Crippen LogP) is 2.68. The predicted molar refractivity (Wildman–Crippen MR) is 122 cm³/mol. The lowest BCUT2D eigenvalue weighted by Gasteiger charge is -2.14. The molecule has 2 aromatic rings. The topological polar surface area (TPSA) is 98.0 Å². The van der Waals surface area contributed by atoms with E-state index in [0.29, 0.717) is 24.6 Å². The molecular formula is C20H27IN4O3. The molecule has 0 radical (unpaired) electrons. The van der Waals surface area contributed by atoms with Crippen LogP contribution in [-0.4, -0.2) is 32.6 Å². The Kier molecular flexibility index (Phi) is 10.1. The van der Waals surface area contributed by atoms with E-state index in [1.807, 2.05) is 31.2 Å². The fraction of sp³-hybridized carbons (Fsp3) is 0.300. The lowest BCUT2D eigenvalue weighted by atomic mass is 10.1. The lowest BCUT2D eigenvalue weighted by molar-refractivity contribution is 0.1000. The number of nitrogens with one attached hydrogen (secondary N) is 2. The number of rotatable bonds is 8. The molecule has 0 spiro atoms. The number of carbonyl (C=O) groups excluding carboxylic acids is 1. The fourth-order valence-electron chi connectivity index (χ4n) is 2.51. The largest absolute Gasteiger partial charge is 0.497 e. The van der Waals surface area contributed by atoms with Gasteiger partial charge in [-0.1, -0.05) is 12.1 Å². The maximum Gasteiger partial charge on any atom is 0.248 e. The van der Waals surface area contributed by atoms with Crippen LogP contribution < -0.4 is 25.8 Å². The fourth-order valence-corrected chi connectivity index (χ4v) is 2.51. The average molecular weight is 498 g/mol. The first-order chi connectivity index (χ1) is 13.1. The zero-order chi connectivity index (χ0) is 19.6. The van der Waals surface area contributed by atoms with Crippen molar-refractivity contribution in [3.63, 3.8) is 0 Å². The molecule has 28 heavy (non-hydrogen) atoms. The van der Waals surface area contributed by atoms with Crippen LogP contribution in [-0.2, 0) is 13.1 Å². The third kappa shape index (κ3) is 6.91. The van der Waals surface area contributed by atoms with Crippen molar-refractivity contribution in [1.29, 1.82) is 0 Å². The summed E-state index contributed by atoms with van der Waals surface area (Å²) in [6.07, 6.45) is 0. The first-order valence-corrected chi connectivity index (χ1v) is 8.69. The van der Waals surface area contributed by atoms with Crippen molar-refractivity contribution in [3.05, 3.63) is 59.2 Å². The Hall–Kier alpha value is -2.49. The van der Waals surface area contributed by atoms with E-state index in [9.17, 15) is 4.79 Å². The zero-order valence-corrected chi connectivity index (χ0v) is 18.7. The second-order valence-corrected chi connectivity index (χ2v) is 5.79. The van der Waals surface area contributed by atoms with Gasteiger partial charge in [-0.15, -0.1) is 24.0 Å². The molecule has 0 aliphatic heterocycles. The number of hydrogen-bond donors (Lipinski definition) is 3. The van der Waals surface area contributed by atoms with E-state index in [2.05, 4.69) is 15.6 Å². The Balaban J connectivity index is 0.00000392. The van der Waals surface area contributed by atoms with Gasteiger partial charge in [0.2, 0.25) is 5.91 Å². The highest BCUT2D eigenvalue weighted by Crippen LogP contribution is 2.24. The van der Waals surface area contributed by atoms with E-state index in [0.717, 1.165) is 29.2 Å². The van der Waals surface area contributed by atoms with Crippen molar-refractivity contribution < 1.29 is 14.3 Å². The van der Waals surface area contributed by atoms with Gasteiger partial charge in [-0.25, -0.2) is 4.99 Å². The van der Waals surface area contributed by atoms with Crippen LogP contribution in [0.15, 0.2) is 47.5 Å². The summed E-state index contributed by atoms with van der Waals surface area (Å²) < 4.78 is 10.6. The van der Waals surface area contributed by atoms with E-state index in [1.54, 1.807) is 32.4 Å². The van der Waals surface area contributed by atoms with E-state index >= 15 is 0 Å². The standard InChI is InChI=1S/C20H26N4O3.HI/c1-4-22-20(23-12-14-6-5-7-15(10-14)19(21)25)24-13-16-8-9-17(26-2)11-18(16)27-3;/h5-11H,4,12-13H2,1-3H3,(H2,21,25)(H2,22,23,24);1H. The molecule has 0 heterocycles. The van der Waals surface area contributed by atoms with Gasteiger partial charge in [0.05, 0.1) is 20.8 Å². The first-order valence-electron chi connectivity index (χ1n) is 8.69. The molecule has 4 N–H and O–H groups in total. The Morgan fingerprint density at radius 3 is 2.54 bits per heavy atom. The van der Waals surface area contributed by atoms with E-state index in [-0.39, 0.29) is 24.0 Å². The maximum absolute atomic E-state index is 11.3. The third-order valence-corrected chi connectivity index (χ3v) is 3.92. The second-order valence-electron chi connectivity index (χ2n) is 5.79. The van der Waals surface area contributed by atoms with Gasteiger partial charge in [0.15, 0.2) is 5.96 Å².